The Balaban J connectivity index is 1.50. The molecule has 1 aromatic carbocycles. The van der Waals surface area contributed by atoms with Gasteiger partial charge in [-0.3, -0.25) is 4.79 Å². The van der Waals surface area contributed by atoms with Crippen molar-refractivity contribution >= 4 is 5.91 Å². The molecule has 2 aromatic rings. The van der Waals surface area contributed by atoms with Crippen molar-refractivity contribution in [2.45, 2.75) is 33.1 Å². The Hall–Kier alpha value is -2.36. The first kappa shape index (κ1) is 15.5. The molecule has 1 heterocycles. The molecular weight excluding hydrogens is 288 g/mol. The number of carbonyl (C=O) groups is 1. The van der Waals surface area contributed by atoms with Crippen molar-refractivity contribution in [1.29, 1.82) is 0 Å². The topological polar surface area (TPSA) is 55.1 Å². The highest BCUT2D eigenvalue weighted by molar-refractivity contribution is 5.88. The van der Waals surface area contributed by atoms with E-state index in [1.807, 2.05) is 38.1 Å². The van der Waals surface area contributed by atoms with Gasteiger partial charge in [0.15, 0.2) is 0 Å². The first-order valence-corrected chi connectivity index (χ1v) is 8.09. The van der Waals surface area contributed by atoms with Gasteiger partial charge in [0.2, 0.25) is 11.8 Å². The van der Waals surface area contributed by atoms with E-state index in [2.05, 4.69) is 10.3 Å². The summed E-state index contributed by atoms with van der Waals surface area (Å²) in [6, 6.07) is 8.07. The predicted octanol–water partition coefficient (Wildman–Crippen LogP) is 3.67. The van der Waals surface area contributed by atoms with Gasteiger partial charge < -0.3 is 9.73 Å². The predicted molar refractivity (Wildman–Crippen MR) is 89.9 cm³/mol. The Morgan fingerprint density at radius 2 is 2.09 bits per heavy atom. The zero-order chi connectivity index (χ0) is 16.2. The fourth-order valence-electron chi connectivity index (χ4n) is 2.48. The molecule has 0 unspecified atom stereocenters. The maximum absolute atomic E-state index is 11.8. The van der Waals surface area contributed by atoms with Crippen LogP contribution in [0, 0.1) is 12.8 Å². The van der Waals surface area contributed by atoms with Crippen LogP contribution in [0.15, 0.2) is 46.6 Å². The highest BCUT2D eigenvalue weighted by Gasteiger charge is 2.23. The monoisotopic (exact) mass is 310 g/mol. The lowest BCUT2D eigenvalue weighted by Crippen LogP contribution is -2.24. The normalized spacial score (nSPS) is 14.8. The second-order valence-electron chi connectivity index (χ2n) is 6.21. The van der Waals surface area contributed by atoms with Crippen LogP contribution in [0.4, 0.5) is 0 Å². The third kappa shape index (κ3) is 4.31. The molecule has 0 saturated heterocycles. The first-order chi connectivity index (χ1) is 11.1. The highest BCUT2D eigenvalue weighted by atomic mass is 16.3. The number of rotatable bonds is 6. The lowest BCUT2D eigenvalue weighted by atomic mass is 10.1. The van der Waals surface area contributed by atoms with Crippen LogP contribution < -0.4 is 5.32 Å². The molecule has 3 rings (SSSR count). The summed E-state index contributed by atoms with van der Waals surface area (Å²) in [4.78, 5) is 16.3. The Kier molecular flexibility index (Phi) is 4.60. The number of benzene rings is 1. The Morgan fingerprint density at radius 3 is 2.78 bits per heavy atom. The van der Waals surface area contributed by atoms with Crippen LogP contribution in [0.5, 0.6) is 0 Å². The average Bonchev–Trinajstić information content (AvgIpc) is 3.28. The number of allylic oxidation sites excluding steroid dienone is 1. The molecule has 120 valence electrons. The van der Waals surface area contributed by atoms with Gasteiger partial charge in [0.1, 0.15) is 6.26 Å². The number of aromatic nitrogens is 1. The van der Waals surface area contributed by atoms with Gasteiger partial charge in [-0.1, -0.05) is 23.3 Å². The molecule has 0 atom stereocenters. The van der Waals surface area contributed by atoms with Crippen LogP contribution in [-0.4, -0.2) is 17.4 Å². The standard InChI is InChI=1S/C19H22N2O2/c1-13-3-5-16(6-4-13)19-21-17(12-23-19)9-10-20-18(22)11-14(2)15-7-8-15/h3-6,11-12,15H,7-10H2,1-2H3,(H,20,22)/b14-11-. The Labute approximate surface area is 136 Å². The van der Waals surface area contributed by atoms with Crippen molar-refractivity contribution in [2.24, 2.45) is 5.92 Å². The quantitative estimate of drug-likeness (QED) is 0.828. The molecule has 1 N–H and O–H groups in total. The maximum Gasteiger partial charge on any atom is 0.243 e. The number of nitrogens with one attached hydrogen (secondary N) is 1. The van der Waals surface area contributed by atoms with E-state index in [1.54, 1.807) is 12.3 Å². The van der Waals surface area contributed by atoms with Crippen molar-refractivity contribution in [3.8, 4) is 11.5 Å². The molecule has 4 heteroatoms. The molecule has 0 aliphatic heterocycles. The number of hydrogen-bond donors (Lipinski definition) is 1. The van der Waals surface area contributed by atoms with Gasteiger partial charge in [0, 0.05) is 24.6 Å². The summed E-state index contributed by atoms with van der Waals surface area (Å²) in [5.74, 6) is 1.24. The van der Waals surface area contributed by atoms with Crippen molar-refractivity contribution in [3.63, 3.8) is 0 Å². The van der Waals surface area contributed by atoms with Crippen LogP contribution in [0.2, 0.25) is 0 Å². The summed E-state index contributed by atoms with van der Waals surface area (Å²) in [6.07, 6.45) is 6.48. The lowest BCUT2D eigenvalue weighted by molar-refractivity contribution is -0.116. The van der Waals surface area contributed by atoms with Gasteiger partial charge in [0.05, 0.1) is 5.69 Å². The van der Waals surface area contributed by atoms with Gasteiger partial charge in [-0.2, -0.15) is 0 Å². The number of amides is 1. The van der Waals surface area contributed by atoms with Gasteiger partial charge >= 0.3 is 0 Å². The van der Waals surface area contributed by atoms with E-state index < -0.39 is 0 Å². The Bertz CT molecular complexity index is 709. The number of hydrogen-bond acceptors (Lipinski definition) is 3. The van der Waals surface area contributed by atoms with Crippen molar-refractivity contribution in [2.75, 3.05) is 6.54 Å². The van der Waals surface area contributed by atoms with E-state index in [9.17, 15) is 4.79 Å². The number of nitrogens with zero attached hydrogens (tertiary/aromatic N) is 1. The number of aryl methyl sites for hydroxylation is 1. The van der Waals surface area contributed by atoms with Gasteiger partial charge in [-0.25, -0.2) is 4.98 Å². The molecule has 0 radical (unpaired) electrons. The molecule has 1 fully saturated rings. The van der Waals surface area contributed by atoms with Crippen LogP contribution in [0.1, 0.15) is 31.0 Å². The summed E-state index contributed by atoms with van der Waals surface area (Å²) >= 11 is 0. The lowest BCUT2D eigenvalue weighted by Gasteiger charge is -2.01. The maximum atomic E-state index is 11.8. The van der Waals surface area contributed by atoms with Crippen LogP contribution in [0.25, 0.3) is 11.5 Å². The van der Waals surface area contributed by atoms with Crippen LogP contribution in [0.3, 0.4) is 0 Å². The third-order valence-corrected chi connectivity index (χ3v) is 4.11. The average molecular weight is 310 g/mol. The minimum Gasteiger partial charge on any atom is -0.444 e. The van der Waals surface area contributed by atoms with E-state index in [0.29, 0.717) is 24.8 Å². The molecule has 0 spiro atoms. The summed E-state index contributed by atoms with van der Waals surface area (Å²) in [7, 11) is 0. The zero-order valence-electron chi connectivity index (χ0n) is 13.6. The molecule has 1 aromatic heterocycles. The number of oxazole rings is 1. The summed E-state index contributed by atoms with van der Waals surface area (Å²) in [6.45, 7) is 4.64. The van der Waals surface area contributed by atoms with E-state index in [4.69, 9.17) is 4.42 Å². The van der Waals surface area contributed by atoms with E-state index >= 15 is 0 Å². The largest absolute Gasteiger partial charge is 0.444 e. The second-order valence-corrected chi connectivity index (χ2v) is 6.21. The molecule has 4 nitrogen and oxygen atoms in total. The molecule has 1 aliphatic rings. The summed E-state index contributed by atoms with van der Waals surface area (Å²) in [5.41, 5.74) is 4.21. The van der Waals surface area contributed by atoms with Gasteiger partial charge in [-0.05, 0) is 44.7 Å². The molecule has 23 heavy (non-hydrogen) atoms. The number of carbonyl (C=O) groups excluding carboxylic acids is 1. The highest BCUT2D eigenvalue weighted by Crippen LogP contribution is 2.35. The molecule has 1 aliphatic carbocycles. The summed E-state index contributed by atoms with van der Waals surface area (Å²) < 4.78 is 5.52. The van der Waals surface area contributed by atoms with E-state index in [-0.39, 0.29) is 5.91 Å². The molecular formula is C19H22N2O2. The van der Waals surface area contributed by atoms with Gasteiger partial charge in [0.25, 0.3) is 0 Å². The van der Waals surface area contributed by atoms with E-state index in [1.165, 1.54) is 24.0 Å². The van der Waals surface area contributed by atoms with Crippen molar-refractivity contribution in [3.05, 3.63) is 53.4 Å². The van der Waals surface area contributed by atoms with Crippen molar-refractivity contribution in [1.82, 2.24) is 10.3 Å². The first-order valence-electron chi connectivity index (χ1n) is 8.09. The Morgan fingerprint density at radius 1 is 1.35 bits per heavy atom. The minimum absolute atomic E-state index is 0.0170. The smallest absolute Gasteiger partial charge is 0.243 e. The SMILES string of the molecule is C/C(=C/C(=O)NCCc1coc(-c2ccc(C)cc2)n1)C1CC1. The fraction of sp³-hybridized carbons (Fsp3) is 0.368. The second kappa shape index (κ2) is 6.82. The van der Waals surface area contributed by atoms with E-state index in [0.717, 1.165) is 11.3 Å². The van der Waals surface area contributed by atoms with Gasteiger partial charge in [-0.15, -0.1) is 0 Å². The van der Waals surface area contributed by atoms with Crippen LogP contribution >= 0.6 is 0 Å². The molecule has 0 bridgehead atoms. The molecule has 1 amide bonds. The zero-order valence-corrected chi connectivity index (χ0v) is 13.6. The van der Waals surface area contributed by atoms with Crippen molar-refractivity contribution < 1.29 is 9.21 Å². The minimum atomic E-state index is -0.0170. The summed E-state index contributed by atoms with van der Waals surface area (Å²) in [5, 5.41) is 2.90. The molecule has 1 saturated carbocycles. The van der Waals surface area contributed by atoms with Crippen LogP contribution in [-0.2, 0) is 11.2 Å². The fourth-order valence-corrected chi connectivity index (χ4v) is 2.48. The third-order valence-electron chi connectivity index (χ3n) is 4.11.